The Morgan fingerprint density at radius 2 is 1.26 bits per heavy atom. The Kier molecular flexibility index (Phi) is 5.65. The molecule has 1 atom stereocenters. The van der Waals surface area contributed by atoms with Crippen LogP contribution in [0.4, 0.5) is 5.69 Å². The van der Waals surface area contributed by atoms with E-state index in [1.165, 1.54) is 55.8 Å². The Labute approximate surface area is 204 Å². The highest BCUT2D eigenvalue weighted by atomic mass is 15.0. The van der Waals surface area contributed by atoms with Gasteiger partial charge in [-0.15, -0.1) is 0 Å². The van der Waals surface area contributed by atoms with Gasteiger partial charge in [-0.05, 0) is 85.2 Å². The van der Waals surface area contributed by atoms with E-state index in [1.807, 2.05) is 0 Å². The standard InChI is InChI=1S/C33H33N/c1-22-19-23(2)32(24(3)20-22)34-33(4,5)30-18-12-11-17-28(30)31-27-16-10-9-15-26(27)21-29(31)25-13-7-6-8-14-25/h6-21,31,34H,1-5H3. The minimum Gasteiger partial charge on any atom is -0.376 e. The fourth-order valence-electron chi connectivity index (χ4n) is 5.61. The van der Waals surface area contributed by atoms with Crippen LogP contribution in [0.25, 0.3) is 11.6 Å². The van der Waals surface area contributed by atoms with Gasteiger partial charge in [0.25, 0.3) is 0 Å². The molecule has 0 fully saturated rings. The Balaban J connectivity index is 1.63. The molecule has 1 unspecified atom stereocenters. The zero-order valence-corrected chi connectivity index (χ0v) is 20.8. The van der Waals surface area contributed by atoms with Gasteiger partial charge in [0.1, 0.15) is 0 Å². The third kappa shape index (κ3) is 3.96. The molecule has 1 aliphatic rings. The largest absolute Gasteiger partial charge is 0.376 e. The molecule has 0 saturated carbocycles. The minimum absolute atomic E-state index is 0.205. The molecule has 1 aliphatic carbocycles. The number of allylic oxidation sites excluding steroid dienone is 1. The van der Waals surface area contributed by atoms with E-state index in [1.54, 1.807) is 0 Å². The summed E-state index contributed by atoms with van der Waals surface area (Å²) in [6, 6.07) is 33.2. The van der Waals surface area contributed by atoms with E-state index in [0.717, 1.165) is 0 Å². The molecule has 170 valence electrons. The molecule has 0 bridgehead atoms. The van der Waals surface area contributed by atoms with Crippen LogP contribution in [0, 0.1) is 20.8 Å². The number of anilines is 1. The van der Waals surface area contributed by atoms with Crippen LogP contribution in [0.15, 0.2) is 91.0 Å². The van der Waals surface area contributed by atoms with Gasteiger partial charge in [0.2, 0.25) is 0 Å². The topological polar surface area (TPSA) is 12.0 Å². The molecular formula is C33H33N. The number of aryl methyl sites for hydroxylation is 3. The monoisotopic (exact) mass is 443 g/mol. The third-order valence-electron chi connectivity index (χ3n) is 7.10. The lowest BCUT2D eigenvalue weighted by Gasteiger charge is -2.34. The van der Waals surface area contributed by atoms with Crippen LogP contribution < -0.4 is 5.32 Å². The molecule has 0 aromatic heterocycles. The maximum atomic E-state index is 3.92. The first-order chi connectivity index (χ1) is 16.3. The van der Waals surface area contributed by atoms with Gasteiger partial charge >= 0.3 is 0 Å². The van der Waals surface area contributed by atoms with Crippen molar-refractivity contribution in [3.8, 4) is 0 Å². The summed E-state index contributed by atoms with van der Waals surface area (Å²) in [6.45, 7) is 11.2. The van der Waals surface area contributed by atoms with Crippen molar-refractivity contribution in [1.29, 1.82) is 0 Å². The number of benzene rings is 4. The van der Waals surface area contributed by atoms with Gasteiger partial charge in [0.15, 0.2) is 0 Å². The zero-order valence-electron chi connectivity index (χ0n) is 20.8. The van der Waals surface area contributed by atoms with Crippen molar-refractivity contribution in [2.45, 2.75) is 46.1 Å². The van der Waals surface area contributed by atoms with Crippen molar-refractivity contribution < 1.29 is 0 Å². The summed E-state index contributed by atoms with van der Waals surface area (Å²) in [4.78, 5) is 0. The number of rotatable bonds is 5. The summed E-state index contributed by atoms with van der Waals surface area (Å²) < 4.78 is 0. The molecule has 4 aromatic rings. The molecule has 0 amide bonds. The van der Waals surface area contributed by atoms with E-state index in [4.69, 9.17) is 0 Å². The summed E-state index contributed by atoms with van der Waals surface area (Å²) in [6.07, 6.45) is 2.38. The van der Waals surface area contributed by atoms with Gasteiger partial charge < -0.3 is 5.32 Å². The number of hydrogen-bond acceptors (Lipinski definition) is 1. The molecule has 0 saturated heterocycles. The summed E-state index contributed by atoms with van der Waals surface area (Å²) in [5, 5.41) is 3.92. The molecule has 34 heavy (non-hydrogen) atoms. The summed E-state index contributed by atoms with van der Waals surface area (Å²) in [7, 11) is 0. The van der Waals surface area contributed by atoms with Crippen molar-refractivity contribution in [3.63, 3.8) is 0 Å². The first-order valence-corrected chi connectivity index (χ1v) is 12.2. The maximum absolute atomic E-state index is 3.92. The third-order valence-corrected chi connectivity index (χ3v) is 7.10. The van der Waals surface area contributed by atoms with Crippen molar-refractivity contribution in [3.05, 3.63) is 136 Å². The van der Waals surface area contributed by atoms with E-state index in [0.29, 0.717) is 0 Å². The molecule has 1 heteroatoms. The second kappa shape index (κ2) is 8.65. The Hall–Kier alpha value is -3.58. The quantitative estimate of drug-likeness (QED) is 0.325. The first kappa shape index (κ1) is 22.2. The summed E-state index contributed by atoms with van der Waals surface area (Å²) in [5.41, 5.74) is 12.9. The van der Waals surface area contributed by atoms with Gasteiger partial charge in [-0.1, -0.05) is 96.6 Å². The molecular weight excluding hydrogens is 410 g/mol. The van der Waals surface area contributed by atoms with E-state index < -0.39 is 0 Å². The van der Waals surface area contributed by atoms with Crippen LogP contribution in [0.5, 0.6) is 0 Å². The van der Waals surface area contributed by atoms with Gasteiger partial charge in [-0.2, -0.15) is 0 Å². The van der Waals surface area contributed by atoms with Crippen molar-refractivity contribution in [2.24, 2.45) is 0 Å². The van der Waals surface area contributed by atoms with Gasteiger partial charge in [0.05, 0.1) is 5.54 Å². The van der Waals surface area contributed by atoms with Crippen LogP contribution in [0.3, 0.4) is 0 Å². The van der Waals surface area contributed by atoms with Crippen molar-refractivity contribution in [2.75, 3.05) is 5.32 Å². The van der Waals surface area contributed by atoms with E-state index >= 15 is 0 Å². The molecule has 0 aliphatic heterocycles. The Bertz CT molecular complexity index is 1350. The predicted molar refractivity (Wildman–Crippen MR) is 146 cm³/mol. The van der Waals surface area contributed by atoms with Gasteiger partial charge in [-0.3, -0.25) is 0 Å². The highest BCUT2D eigenvalue weighted by Gasteiger charge is 2.33. The molecule has 1 N–H and O–H groups in total. The summed E-state index contributed by atoms with van der Waals surface area (Å²) in [5.74, 6) is 0.205. The zero-order chi connectivity index (χ0) is 23.9. The highest BCUT2D eigenvalue weighted by Crippen LogP contribution is 2.48. The Morgan fingerprint density at radius 3 is 1.97 bits per heavy atom. The van der Waals surface area contributed by atoms with Crippen LogP contribution >= 0.6 is 0 Å². The van der Waals surface area contributed by atoms with Crippen molar-refractivity contribution >= 4 is 17.3 Å². The number of fused-ring (bicyclic) bond motifs is 1. The number of hydrogen-bond donors (Lipinski definition) is 1. The second-order valence-corrected chi connectivity index (χ2v) is 10.1. The molecule has 0 heterocycles. The van der Waals surface area contributed by atoms with Gasteiger partial charge in [-0.25, -0.2) is 0 Å². The van der Waals surface area contributed by atoms with E-state index in [2.05, 4.69) is 137 Å². The molecule has 0 radical (unpaired) electrons. The van der Waals surface area contributed by atoms with Crippen LogP contribution in [-0.4, -0.2) is 0 Å². The first-order valence-electron chi connectivity index (χ1n) is 12.2. The van der Waals surface area contributed by atoms with Crippen LogP contribution in [0.2, 0.25) is 0 Å². The normalized spacial score (nSPS) is 15.1. The van der Waals surface area contributed by atoms with E-state index in [9.17, 15) is 0 Å². The molecule has 4 aromatic carbocycles. The van der Waals surface area contributed by atoms with Gasteiger partial charge in [0, 0.05) is 11.6 Å². The SMILES string of the molecule is Cc1cc(C)c(NC(C)(C)c2ccccc2C2C(c3ccccc3)=Cc3ccccc32)c(C)c1. The number of nitrogens with one attached hydrogen (secondary N) is 1. The molecule has 1 nitrogen and oxygen atoms in total. The fourth-order valence-corrected chi connectivity index (χ4v) is 5.61. The average molecular weight is 444 g/mol. The molecule has 0 spiro atoms. The fraction of sp³-hybridized carbons (Fsp3) is 0.212. The lowest BCUT2D eigenvalue weighted by molar-refractivity contribution is 0.599. The van der Waals surface area contributed by atoms with Crippen molar-refractivity contribution in [1.82, 2.24) is 0 Å². The lowest BCUT2D eigenvalue weighted by Crippen LogP contribution is -2.30. The predicted octanol–water partition coefficient (Wildman–Crippen LogP) is 8.65. The highest BCUT2D eigenvalue weighted by molar-refractivity contribution is 5.93. The summed E-state index contributed by atoms with van der Waals surface area (Å²) >= 11 is 0. The lowest BCUT2D eigenvalue weighted by atomic mass is 9.78. The van der Waals surface area contributed by atoms with Crippen LogP contribution in [-0.2, 0) is 5.54 Å². The minimum atomic E-state index is -0.249. The molecule has 5 rings (SSSR count). The maximum Gasteiger partial charge on any atom is 0.0572 e. The Morgan fingerprint density at radius 1 is 0.676 bits per heavy atom. The average Bonchev–Trinajstić information content (AvgIpc) is 3.21. The second-order valence-electron chi connectivity index (χ2n) is 10.1. The van der Waals surface area contributed by atoms with E-state index in [-0.39, 0.29) is 11.5 Å². The van der Waals surface area contributed by atoms with Crippen LogP contribution in [0.1, 0.15) is 64.3 Å². The smallest absolute Gasteiger partial charge is 0.0572 e.